The minimum atomic E-state index is -0.409. The van der Waals surface area contributed by atoms with Crippen molar-refractivity contribution in [3.8, 4) is 5.75 Å². The molecular formula is C23H20Cl2N4O3. The lowest BCUT2D eigenvalue weighted by Gasteiger charge is -2.07. The average molecular weight is 471 g/mol. The lowest BCUT2D eigenvalue weighted by atomic mass is 10.2. The molecule has 0 atom stereocenters. The second-order valence-corrected chi connectivity index (χ2v) is 8.13. The molecule has 0 bridgehead atoms. The Bertz CT molecular complexity index is 1270. The van der Waals surface area contributed by atoms with Gasteiger partial charge in [0, 0.05) is 16.2 Å². The highest BCUT2D eigenvalue weighted by atomic mass is 35.5. The second kappa shape index (κ2) is 9.46. The number of aromatic nitrogens is 3. The highest BCUT2D eigenvalue weighted by molar-refractivity contribution is 6.35. The van der Waals surface area contributed by atoms with E-state index in [2.05, 4.69) is 15.6 Å². The van der Waals surface area contributed by atoms with Gasteiger partial charge in [0.05, 0.1) is 24.0 Å². The maximum absolute atomic E-state index is 12.8. The van der Waals surface area contributed by atoms with Crippen LogP contribution in [0.25, 0.3) is 0 Å². The number of ether oxygens (including phenoxy) is 1. The van der Waals surface area contributed by atoms with Crippen LogP contribution in [0.15, 0.2) is 59.4 Å². The summed E-state index contributed by atoms with van der Waals surface area (Å²) in [7, 11) is 0. The van der Waals surface area contributed by atoms with Gasteiger partial charge in [-0.3, -0.25) is 9.48 Å². The van der Waals surface area contributed by atoms with E-state index in [-0.39, 0.29) is 12.3 Å². The number of nitrogens with one attached hydrogen (secondary N) is 1. The summed E-state index contributed by atoms with van der Waals surface area (Å²) in [5.41, 5.74) is 3.22. The molecule has 0 spiro atoms. The maximum Gasteiger partial charge on any atom is 0.278 e. The zero-order chi connectivity index (χ0) is 22.7. The predicted octanol–water partition coefficient (Wildman–Crippen LogP) is 5.67. The van der Waals surface area contributed by atoms with Crippen molar-refractivity contribution >= 4 is 34.8 Å². The first kappa shape index (κ1) is 21.9. The second-order valence-electron chi connectivity index (χ2n) is 7.29. The largest absolute Gasteiger partial charge is 0.489 e. The molecule has 0 aliphatic carbocycles. The third-order valence-electron chi connectivity index (χ3n) is 4.81. The molecule has 2 aromatic carbocycles. The van der Waals surface area contributed by atoms with Crippen molar-refractivity contribution in [2.24, 2.45) is 0 Å². The van der Waals surface area contributed by atoms with Gasteiger partial charge in [0.1, 0.15) is 18.1 Å². The monoisotopic (exact) mass is 470 g/mol. The molecule has 0 unspecified atom stereocenters. The van der Waals surface area contributed by atoms with Crippen LogP contribution in [0, 0.1) is 13.8 Å². The lowest BCUT2D eigenvalue weighted by molar-refractivity contribution is 0.101. The van der Waals surface area contributed by atoms with Crippen LogP contribution >= 0.6 is 23.2 Å². The highest BCUT2D eigenvalue weighted by Gasteiger charge is 2.21. The molecule has 2 aromatic heterocycles. The van der Waals surface area contributed by atoms with E-state index < -0.39 is 5.91 Å². The number of hydrogen-bond donors (Lipinski definition) is 1. The predicted molar refractivity (Wildman–Crippen MR) is 122 cm³/mol. The third-order valence-corrected chi connectivity index (χ3v) is 5.40. The Balaban J connectivity index is 1.43. The molecule has 0 saturated heterocycles. The molecule has 0 radical (unpaired) electrons. The minimum Gasteiger partial charge on any atom is -0.489 e. The fourth-order valence-corrected chi connectivity index (χ4v) is 3.60. The molecule has 4 rings (SSSR count). The van der Waals surface area contributed by atoms with Crippen LogP contribution in [-0.4, -0.2) is 20.8 Å². The Labute approximate surface area is 194 Å². The molecule has 0 saturated carbocycles. The van der Waals surface area contributed by atoms with Crippen molar-refractivity contribution in [3.63, 3.8) is 0 Å². The van der Waals surface area contributed by atoms with Crippen LogP contribution < -0.4 is 10.1 Å². The number of carbonyl (C=O) groups excluding carboxylic acids is 1. The lowest BCUT2D eigenvalue weighted by Crippen LogP contribution is -2.15. The first-order chi connectivity index (χ1) is 15.4. The molecule has 0 aliphatic rings. The van der Waals surface area contributed by atoms with Gasteiger partial charge in [-0.2, -0.15) is 5.10 Å². The van der Waals surface area contributed by atoms with E-state index in [1.165, 1.54) is 0 Å². The van der Waals surface area contributed by atoms with Crippen molar-refractivity contribution in [1.29, 1.82) is 0 Å². The van der Waals surface area contributed by atoms with Crippen LogP contribution in [0.5, 0.6) is 5.75 Å². The van der Waals surface area contributed by atoms with Gasteiger partial charge >= 0.3 is 0 Å². The summed E-state index contributed by atoms with van der Waals surface area (Å²) < 4.78 is 12.7. The van der Waals surface area contributed by atoms with Gasteiger partial charge in [0.15, 0.2) is 5.69 Å². The average Bonchev–Trinajstić information content (AvgIpc) is 3.34. The molecular weight excluding hydrogens is 451 g/mol. The Morgan fingerprint density at radius 2 is 2.03 bits per heavy atom. The molecule has 1 amide bonds. The number of benzene rings is 2. The van der Waals surface area contributed by atoms with E-state index >= 15 is 0 Å². The number of anilines is 1. The molecule has 4 aromatic rings. The number of rotatable bonds is 7. The summed E-state index contributed by atoms with van der Waals surface area (Å²) in [5, 5.41) is 12.1. The number of hydrogen-bond acceptors (Lipinski definition) is 5. The number of nitrogens with zero attached hydrogens (tertiary/aromatic N) is 3. The van der Waals surface area contributed by atoms with E-state index in [4.69, 9.17) is 32.5 Å². The molecule has 164 valence electrons. The van der Waals surface area contributed by atoms with Crippen molar-refractivity contribution in [2.45, 2.75) is 27.0 Å². The summed E-state index contributed by atoms with van der Waals surface area (Å²) in [6.07, 6.45) is 3.26. The van der Waals surface area contributed by atoms with Crippen molar-refractivity contribution in [2.75, 3.05) is 5.32 Å². The van der Waals surface area contributed by atoms with E-state index in [1.807, 2.05) is 37.3 Å². The fraction of sp³-hybridized carbons (Fsp3) is 0.174. The first-order valence-corrected chi connectivity index (χ1v) is 10.6. The van der Waals surface area contributed by atoms with Gasteiger partial charge in [-0.05, 0) is 49.2 Å². The molecule has 0 aliphatic heterocycles. The summed E-state index contributed by atoms with van der Waals surface area (Å²) in [6.45, 7) is 4.32. The number of halogens is 2. The standard InChI is InChI=1S/C23H20Cl2N4O3/c1-14-4-3-5-19(8-14)31-13-20-15(2)32-28-22(20)23(30)27-18-10-26-29(12-18)11-16-6-7-17(24)9-21(16)25/h3-10,12H,11,13H2,1-2H3,(H,27,30). The van der Waals surface area contributed by atoms with Crippen LogP contribution in [0.3, 0.4) is 0 Å². The van der Waals surface area contributed by atoms with Crippen molar-refractivity contribution in [3.05, 3.63) is 93.0 Å². The summed E-state index contributed by atoms with van der Waals surface area (Å²) in [5.74, 6) is 0.823. The molecule has 9 heteroatoms. The molecule has 2 heterocycles. The Hall–Kier alpha value is -3.29. The van der Waals surface area contributed by atoms with Crippen molar-refractivity contribution < 1.29 is 14.1 Å². The van der Waals surface area contributed by atoms with Gasteiger partial charge in [0.25, 0.3) is 5.91 Å². The molecule has 7 nitrogen and oxygen atoms in total. The minimum absolute atomic E-state index is 0.163. The van der Waals surface area contributed by atoms with Crippen LogP contribution in [0.1, 0.15) is 32.9 Å². The van der Waals surface area contributed by atoms with Crippen molar-refractivity contribution in [1.82, 2.24) is 14.9 Å². The van der Waals surface area contributed by atoms with Crippen LogP contribution in [0.4, 0.5) is 5.69 Å². The topological polar surface area (TPSA) is 82.2 Å². The van der Waals surface area contributed by atoms with E-state index in [0.29, 0.717) is 39.4 Å². The molecule has 1 N–H and O–H groups in total. The van der Waals surface area contributed by atoms with Crippen LogP contribution in [-0.2, 0) is 13.2 Å². The fourth-order valence-electron chi connectivity index (χ4n) is 3.13. The smallest absolute Gasteiger partial charge is 0.278 e. The van der Waals surface area contributed by atoms with Gasteiger partial charge < -0.3 is 14.6 Å². The summed E-state index contributed by atoms with van der Waals surface area (Å²) >= 11 is 12.2. The summed E-state index contributed by atoms with van der Waals surface area (Å²) in [6, 6.07) is 13.0. The quantitative estimate of drug-likeness (QED) is 0.375. The van der Waals surface area contributed by atoms with Gasteiger partial charge in [0.2, 0.25) is 0 Å². The number of carbonyl (C=O) groups is 1. The Kier molecular flexibility index (Phi) is 6.48. The summed E-state index contributed by atoms with van der Waals surface area (Å²) in [4.78, 5) is 12.8. The molecule has 0 fully saturated rings. The molecule has 32 heavy (non-hydrogen) atoms. The van der Waals surface area contributed by atoms with Gasteiger partial charge in [-0.25, -0.2) is 0 Å². The number of aryl methyl sites for hydroxylation is 2. The highest BCUT2D eigenvalue weighted by Crippen LogP contribution is 2.23. The van der Waals surface area contributed by atoms with Gasteiger partial charge in [-0.15, -0.1) is 0 Å². The van der Waals surface area contributed by atoms with E-state index in [0.717, 1.165) is 11.1 Å². The Morgan fingerprint density at radius 3 is 2.81 bits per heavy atom. The van der Waals surface area contributed by atoms with E-state index in [9.17, 15) is 4.79 Å². The normalized spacial score (nSPS) is 10.9. The van der Waals surface area contributed by atoms with Gasteiger partial charge in [-0.1, -0.05) is 46.6 Å². The zero-order valence-electron chi connectivity index (χ0n) is 17.4. The first-order valence-electron chi connectivity index (χ1n) is 9.81. The zero-order valence-corrected chi connectivity index (χ0v) is 18.9. The van der Waals surface area contributed by atoms with E-state index in [1.54, 1.807) is 36.1 Å². The van der Waals surface area contributed by atoms with Crippen LogP contribution in [0.2, 0.25) is 10.0 Å². The SMILES string of the molecule is Cc1cccc(OCc2c(C(=O)Nc3cnn(Cc4ccc(Cl)cc4Cl)c3)noc2C)c1. The Morgan fingerprint density at radius 1 is 1.19 bits per heavy atom. The number of amides is 1. The third kappa shape index (κ3) is 5.12. The maximum atomic E-state index is 12.8.